The maximum Gasteiger partial charge on any atom is 0.0494 e. The molecule has 21 heavy (non-hydrogen) atoms. The Hall–Kier alpha value is -1.67. The van der Waals surface area contributed by atoms with E-state index in [0.29, 0.717) is 5.92 Å². The summed E-state index contributed by atoms with van der Waals surface area (Å²) >= 11 is 0. The Morgan fingerprint density at radius 2 is 2.00 bits per heavy atom. The maximum atomic E-state index is 6.98. The Morgan fingerprint density at radius 1 is 1.19 bits per heavy atom. The molecule has 1 aliphatic rings. The van der Waals surface area contributed by atoms with Gasteiger partial charge in [-0.05, 0) is 42.9 Å². The van der Waals surface area contributed by atoms with Gasteiger partial charge in [-0.2, -0.15) is 0 Å². The Bertz CT molecular complexity index is 594. The van der Waals surface area contributed by atoms with Crippen molar-refractivity contribution in [3.05, 3.63) is 65.5 Å². The Balaban J connectivity index is 2.07. The van der Waals surface area contributed by atoms with Gasteiger partial charge in [-0.3, -0.25) is 4.98 Å². The molecule has 0 saturated carbocycles. The molecule has 0 aliphatic heterocycles. The molecule has 2 atom stereocenters. The van der Waals surface area contributed by atoms with E-state index in [0.717, 1.165) is 25.7 Å². The van der Waals surface area contributed by atoms with Gasteiger partial charge in [-0.1, -0.05) is 49.7 Å². The smallest absolute Gasteiger partial charge is 0.0494 e. The van der Waals surface area contributed by atoms with E-state index >= 15 is 0 Å². The second-order valence-corrected chi connectivity index (χ2v) is 6.15. The largest absolute Gasteiger partial charge is 0.321 e. The highest BCUT2D eigenvalue weighted by Crippen LogP contribution is 2.44. The fraction of sp³-hybridized carbons (Fsp3) is 0.421. The highest BCUT2D eigenvalue weighted by atomic mass is 14.8. The van der Waals surface area contributed by atoms with Crippen molar-refractivity contribution in [2.24, 2.45) is 5.73 Å². The zero-order valence-electron chi connectivity index (χ0n) is 12.8. The summed E-state index contributed by atoms with van der Waals surface area (Å²) < 4.78 is 0. The zero-order chi connectivity index (χ0) is 14.7. The van der Waals surface area contributed by atoms with E-state index in [1.54, 1.807) is 0 Å². The first-order chi connectivity index (χ1) is 10.3. The number of pyridine rings is 1. The number of aryl methyl sites for hydroxylation is 1. The maximum absolute atomic E-state index is 6.98. The summed E-state index contributed by atoms with van der Waals surface area (Å²) in [4.78, 5) is 4.69. The van der Waals surface area contributed by atoms with Crippen LogP contribution < -0.4 is 5.73 Å². The quantitative estimate of drug-likeness (QED) is 0.913. The molecule has 3 rings (SSSR count). The molecule has 2 heteroatoms. The SMILES string of the molecule is CCCC(N)(c1ccccc1)C1CCCc2cccnc21. The van der Waals surface area contributed by atoms with Crippen molar-refractivity contribution in [1.29, 1.82) is 0 Å². The van der Waals surface area contributed by atoms with Crippen LogP contribution in [0, 0.1) is 0 Å². The first kappa shape index (κ1) is 14.3. The van der Waals surface area contributed by atoms with Crippen molar-refractivity contribution in [3.63, 3.8) is 0 Å². The van der Waals surface area contributed by atoms with Gasteiger partial charge in [0.05, 0.1) is 0 Å². The van der Waals surface area contributed by atoms with E-state index in [-0.39, 0.29) is 5.54 Å². The zero-order valence-corrected chi connectivity index (χ0v) is 12.8. The molecule has 1 aromatic carbocycles. The van der Waals surface area contributed by atoms with Gasteiger partial charge in [0.25, 0.3) is 0 Å². The minimum absolute atomic E-state index is 0.306. The number of nitrogens with zero attached hydrogens (tertiary/aromatic N) is 1. The first-order valence-corrected chi connectivity index (χ1v) is 8.04. The number of hydrogen-bond acceptors (Lipinski definition) is 2. The predicted molar refractivity (Wildman–Crippen MR) is 87.1 cm³/mol. The summed E-state index contributed by atoms with van der Waals surface area (Å²) in [5.41, 5.74) is 10.5. The van der Waals surface area contributed by atoms with Crippen LogP contribution in [0.15, 0.2) is 48.7 Å². The van der Waals surface area contributed by atoms with E-state index in [4.69, 9.17) is 10.7 Å². The van der Waals surface area contributed by atoms with Gasteiger partial charge in [0.15, 0.2) is 0 Å². The van der Waals surface area contributed by atoms with Crippen LogP contribution in [0.25, 0.3) is 0 Å². The topological polar surface area (TPSA) is 38.9 Å². The van der Waals surface area contributed by atoms with E-state index in [9.17, 15) is 0 Å². The third-order valence-electron chi connectivity index (χ3n) is 4.79. The number of fused-ring (bicyclic) bond motifs is 1. The molecule has 2 nitrogen and oxygen atoms in total. The molecule has 2 unspecified atom stereocenters. The summed E-state index contributed by atoms with van der Waals surface area (Å²) in [7, 11) is 0. The molecule has 1 aliphatic carbocycles. The van der Waals surface area contributed by atoms with Crippen molar-refractivity contribution in [3.8, 4) is 0 Å². The normalized spacial score (nSPS) is 20.6. The van der Waals surface area contributed by atoms with E-state index in [2.05, 4.69) is 43.3 Å². The van der Waals surface area contributed by atoms with Crippen LogP contribution >= 0.6 is 0 Å². The van der Waals surface area contributed by atoms with Crippen molar-refractivity contribution in [2.45, 2.75) is 50.5 Å². The first-order valence-electron chi connectivity index (χ1n) is 8.04. The lowest BCUT2D eigenvalue weighted by Crippen LogP contribution is -2.44. The third kappa shape index (κ3) is 2.60. The molecule has 0 saturated heterocycles. The van der Waals surface area contributed by atoms with Crippen molar-refractivity contribution in [1.82, 2.24) is 4.98 Å². The average Bonchev–Trinajstić information content (AvgIpc) is 2.55. The molecule has 0 fully saturated rings. The molecule has 1 aromatic heterocycles. The fourth-order valence-corrected chi connectivity index (χ4v) is 3.79. The summed E-state index contributed by atoms with van der Waals surface area (Å²) in [6.07, 6.45) is 7.47. The molecular weight excluding hydrogens is 256 g/mol. The molecule has 2 aromatic rings. The van der Waals surface area contributed by atoms with Crippen LogP contribution in [0.5, 0.6) is 0 Å². The number of hydrogen-bond donors (Lipinski definition) is 1. The third-order valence-corrected chi connectivity index (χ3v) is 4.79. The molecule has 110 valence electrons. The van der Waals surface area contributed by atoms with Gasteiger partial charge in [-0.15, -0.1) is 0 Å². The molecule has 0 spiro atoms. The van der Waals surface area contributed by atoms with Crippen molar-refractivity contribution < 1.29 is 0 Å². The van der Waals surface area contributed by atoms with Crippen LogP contribution in [0.2, 0.25) is 0 Å². The fourth-order valence-electron chi connectivity index (χ4n) is 3.79. The van der Waals surface area contributed by atoms with Crippen LogP contribution in [0.3, 0.4) is 0 Å². The lowest BCUT2D eigenvalue weighted by atomic mass is 9.69. The summed E-state index contributed by atoms with van der Waals surface area (Å²) in [6, 6.07) is 14.8. The number of benzene rings is 1. The van der Waals surface area contributed by atoms with E-state index < -0.39 is 0 Å². The van der Waals surface area contributed by atoms with Crippen LogP contribution in [0.1, 0.15) is 55.3 Å². The molecule has 1 heterocycles. The Kier molecular flexibility index (Phi) is 4.07. The van der Waals surface area contributed by atoms with Crippen LogP contribution in [-0.2, 0) is 12.0 Å². The van der Waals surface area contributed by atoms with Gasteiger partial charge in [0.1, 0.15) is 0 Å². The van der Waals surface area contributed by atoms with Crippen LogP contribution in [-0.4, -0.2) is 4.98 Å². The van der Waals surface area contributed by atoms with Crippen LogP contribution in [0.4, 0.5) is 0 Å². The van der Waals surface area contributed by atoms with Crippen molar-refractivity contribution >= 4 is 0 Å². The number of aromatic nitrogens is 1. The minimum Gasteiger partial charge on any atom is -0.321 e. The van der Waals surface area contributed by atoms with E-state index in [1.165, 1.54) is 23.2 Å². The average molecular weight is 280 g/mol. The van der Waals surface area contributed by atoms with E-state index in [1.807, 2.05) is 12.3 Å². The van der Waals surface area contributed by atoms with Gasteiger partial charge >= 0.3 is 0 Å². The van der Waals surface area contributed by atoms with Gasteiger partial charge in [0, 0.05) is 23.3 Å². The molecule has 0 radical (unpaired) electrons. The Labute approximate surface area is 127 Å². The predicted octanol–water partition coefficient (Wildman–Crippen LogP) is 4.16. The lowest BCUT2D eigenvalue weighted by molar-refractivity contribution is 0.290. The van der Waals surface area contributed by atoms with Gasteiger partial charge in [-0.25, -0.2) is 0 Å². The summed E-state index contributed by atoms with van der Waals surface area (Å²) in [5, 5.41) is 0. The standard InChI is InChI=1S/C19H24N2/c1-2-13-19(20,16-10-4-3-5-11-16)17-12-6-8-15-9-7-14-21-18(15)17/h3-5,7,9-11,14,17H,2,6,8,12-13,20H2,1H3. The molecule has 0 bridgehead atoms. The monoisotopic (exact) mass is 280 g/mol. The molecule has 0 amide bonds. The second kappa shape index (κ2) is 5.98. The summed E-state index contributed by atoms with van der Waals surface area (Å²) in [6.45, 7) is 2.21. The number of nitrogens with two attached hydrogens (primary N) is 1. The molecule has 2 N–H and O–H groups in total. The second-order valence-electron chi connectivity index (χ2n) is 6.15. The highest BCUT2D eigenvalue weighted by molar-refractivity contribution is 5.35. The lowest BCUT2D eigenvalue weighted by Gasteiger charge is -2.40. The highest BCUT2D eigenvalue weighted by Gasteiger charge is 2.39. The van der Waals surface area contributed by atoms with Gasteiger partial charge in [0.2, 0.25) is 0 Å². The molecular formula is C19H24N2. The van der Waals surface area contributed by atoms with Gasteiger partial charge < -0.3 is 5.73 Å². The minimum atomic E-state index is -0.306. The Morgan fingerprint density at radius 3 is 2.76 bits per heavy atom. The van der Waals surface area contributed by atoms with Crippen molar-refractivity contribution in [2.75, 3.05) is 0 Å². The summed E-state index contributed by atoms with van der Waals surface area (Å²) in [5.74, 6) is 0.324. The number of rotatable bonds is 4.